The van der Waals surface area contributed by atoms with Crippen LogP contribution in [0.25, 0.3) is 0 Å². The number of nitrogens with one attached hydrogen (secondary N) is 2. The molecule has 0 aliphatic carbocycles. The number of aryl methyl sites for hydroxylation is 1. The Bertz CT molecular complexity index is 1680. The number of rotatable bonds is 9. The molecule has 13 heteroatoms. The van der Waals surface area contributed by atoms with Crippen molar-refractivity contribution in [3.63, 3.8) is 0 Å². The largest absolute Gasteiger partial charge is 0.497 e. The fourth-order valence-corrected chi connectivity index (χ4v) is 6.68. The molecule has 4 atom stereocenters. The van der Waals surface area contributed by atoms with Crippen molar-refractivity contribution in [3.8, 4) is 11.5 Å². The number of likely N-dealkylation sites (N-methyl/N-ethyl adjacent to an activating group) is 1. The molecule has 3 aromatic rings. The van der Waals surface area contributed by atoms with Crippen LogP contribution in [0.1, 0.15) is 56.0 Å². The fraction of sp³-hybridized carbons (Fsp3) is 0.459. The predicted octanol–water partition coefficient (Wildman–Crippen LogP) is 5.76. The van der Waals surface area contributed by atoms with Crippen molar-refractivity contribution in [2.24, 2.45) is 5.92 Å². The van der Waals surface area contributed by atoms with E-state index in [1.54, 1.807) is 79.4 Å². The first-order valence-corrected chi connectivity index (χ1v) is 18.4. The lowest BCUT2D eigenvalue weighted by Crippen LogP contribution is -2.48. The Kier molecular flexibility index (Phi) is 13.5. The molecule has 4 rings (SSSR count). The van der Waals surface area contributed by atoms with Gasteiger partial charge in [-0.2, -0.15) is 0 Å². The molecular weight excluding hydrogens is 660 g/mol. The molecule has 0 radical (unpaired) electrons. The summed E-state index contributed by atoms with van der Waals surface area (Å²) < 4.78 is 46.9. The maximum Gasteiger partial charge on any atom is 0.321 e. The third kappa shape index (κ3) is 10.3. The molecule has 3 amide bonds. The van der Waals surface area contributed by atoms with Crippen LogP contribution in [0, 0.1) is 12.8 Å². The number of sulfonamides is 1. The van der Waals surface area contributed by atoms with Crippen molar-refractivity contribution in [1.82, 2.24) is 9.80 Å². The lowest BCUT2D eigenvalue weighted by Gasteiger charge is -2.35. The molecule has 12 nitrogen and oxygen atoms in total. The van der Waals surface area contributed by atoms with E-state index in [9.17, 15) is 23.1 Å². The normalized spacial score (nSPS) is 19.7. The molecule has 1 aliphatic heterocycles. The summed E-state index contributed by atoms with van der Waals surface area (Å²) in [6.45, 7) is 8.07. The summed E-state index contributed by atoms with van der Waals surface area (Å²) >= 11 is 0. The molecule has 0 aromatic heterocycles. The van der Waals surface area contributed by atoms with Gasteiger partial charge in [0.15, 0.2) is 0 Å². The predicted molar refractivity (Wildman–Crippen MR) is 194 cm³/mol. The number of hydrogen-bond acceptors (Lipinski definition) is 8. The van der Waals surface area contributed by atoms with Gasteiger partial charge < -0.3 is 34.4 Å². The number of nitrogens with zero attached hydrogens (tertiary/aromatic N) is 2. The average Bonchev–Trinajstić information content (AvgIpc) is 3.09. The molecule has 0 saturated carbocycles. The topological polar surface area (TPSA) is 147 Å². The molecular formula is C37H50N4O8S. The van der Waals surface area contributed by atoms with E-state index in [0.717, 1.165) is 18.4 Å². The number of carbonyl (C=O) groups is 2. The van der Waals surface area contributed by atoms with Crippen LogP contribution in [-0.4, -0.2) is 94.0 Å². The summed E-state index contributed by atoms with van der Waals surface area (Å²) in [4.78, 5) is 30.8. The molecule has 0 bridgehead atoms. The van der Waals surface area contributed by atoms with Crippen molar-refractivity contribution in [1.29, 1.82) is 0 Å². The molecule has 272 valence electrons. The number of aliphatic hydroxyl groups is 1. The Morgan fingerprint density at radius 1 is 1.06 bits per heavy atom. The van der Waals surface area contributed by atoms with Gasteiger partial charge in [0.1, 0.15) is 11.5 Å². The number of aliphatic hydroxyl groups excluding tert-OH is 1. The first kappa shape index (κ1) is 38.5. The van der Waals surface area contributed by atoms with Crippen LogP contribution in [0.2, 0.25) is 0 Å². The van der Waals surface area contributed by atoms with Gasteiger partial charge in [0, 0.05) is 44.0 Å². The molecule has 0 unspecified atom stereocenters. The Balaban J connectivity index is 1.61. The number of hydrogen-bond donors (Lipinski definition) is 3. The Morgan fingerprint density at radius 2 is 1.74 bits per heavy atom. The van der Waals surface area contributed by atoms with Gasteiger partial charge in [0.2, 0.25) is 0 Å². The summed E-state index contributed by atoms with van der Waals surface area (Å²) in [5.74, 6) is 0.304. The van der Waals surface area contributed by atoms with Gasteiger partial charge in [0.25, 0.3) is 15.9 Å². The van der Waals surface area contributed by atoms with Gasteiger partial charge in [0.05, 0.1) is 42.4 Å². The first-order valence-electron chi connectivity index (χ1n) is 16.9. The Hall–Kier alpha value is -4.33. The Morgan fingerprint density at radius 3 is 2.40 bits per heavy atom. The standard InChI is InChI=1S/C37H50N4O8S/c1-25-10-17-32(18-11-25)50(45,46)39-30-14-19-34-33(21-30)36(43)41(27(3)24-42)22-26(2)35(48-20-8-7-9-28(4)49-34)23-40(5)37(44)38-29-12-15-31(47-6)16-13-29/h10-19,21,26-28,35,39,42H,7-9,20,22-24H2,1-6H3,(H,38,44)/t26-,27+,28-,35-/m0/s1. The second kappa shape index (κ2) is 17.6. The summed E-state index contributed by atoms with van der Waals surface area (Å²) in [5, 5.41) is 13.1. The zero-order chi connectivity index (χ0) is 36.4. The van der Waals surface area contributed by atoms with E-state index in [0.29, 0.717) is 30.2 Å². The zero-order valence-corrected chi connectivity index (χ0v) is 30.5. The number of ether oxygens (including phenoxy) is 3. The van der Waals surface area contributed by atoms with Gasteiger partial charge in [-0.3, -0.25) is 9.52 Å². The molecule has 1 heterocycles. The molecule has 0 spiro atoms. The summed E-state index contributed by atoms with van der Waals surface area (Å²) in [7, 11) is -0.677. The third-order valence-electron chi connectivity index (χ3n) is 8.78. The van der Waals surface area contributed by atoms with E-state index in [4.69, 9.17) is 14.2 Å². The second-order valence-electron chi connectivity index (χ2n) is 13.0. The smallest absolute Gasteiger partial charge is 0.321 e. The van der Waals surface area contributed by atoms with Crippen molar-refractivity contribution in [3.05, 3.63) is 77.9 Å². The minimum absolute atomic E-state index is 0.0948. The average molecular weight is 711 g/mol. The monoisotopic (exact) mass is 710 g/mol. The summed E-state index contributed by atoms with van der Waals surface area (Å²) in [6.07, 6.45) is 1.58. The minimum atomic E-state index is -3.94. The van der Waals surface area contributed by atoms with E-state index < -0.39 is 28.1 Å². The highest BCUT2D eigenvalue weighted by atomic mass is 32.2. The number of anilines is 2. The number of urea groups is 1. The molecule has 0 fully saturated rings. The van der Waals surface area contributed by atoms with E-state index in [-0.39, 0.29) is 53.9 Å². The first-order chi connectivity index (χ1) is 23.8. The lowest BCUT2D eigenvalue weighted by molar-refractivity contribution is -0.0115. The van der Waals surface area contributed by atoms with E-state index in [1.807, 2.05) is 20.8 Å². The molecule has 1 aliphatic rings. The van der Waals surface area contributed by atoms with Crippen LogP contribution < -0.4 is 19.5 Å². The molecule has 50 heavy (non-hydrogen) atoms. The molecule has 0 saturated heterocycles. The van der Waals surface area contributed by atoms with Crippen molar-refractivity contribution >= 4 is 33.3 Å². The summed E-state index contributed by atoms with van der Waals surface area (Å²) in [6, 6.07) is 17.3. The highest BCUT2D eigenvalue weighted by molar-refractivity contribution is 7.92. The number of benzene rings is 3. The van der Waals surface area contributed by atoms with Gasteiger partial charge in [-0.1, -0.05) is 24.6 Å². The quantitative estimate of drug-likeness (QED) is 0.254. The van der Waals surface area contributed by atoms with Crippen molar-refractivity contribution in [2.45, 2.75) is 70.1 Å². The lowest BCUT2D eigenvalue weighted by atomic mass is 10.0. The SMILES string of the molecule is COc1ccc(NC(=O)N(C)C[C@@H]2OCCCC[C@H](C)Oc3ccc(NS(=O)(=O)c4ccc(C)cc4)cc3C(=O)N([C@H](C)CO)C[C@@H]2C)cc1. The maximum absolute atomic E-state index is 14.4. The van der Waals surface area contributed by atoms with Crippen LogP contribution in [0.15, 0.2) is 71.6 Å². The van der Waals surface area contributed by atoms with Gasteiger partial charge in [-0.15, -0.1) is 0 Å². The van der Waals surface area contributed by atoms with Crippen LogP contribution in [0.3, 0.4) is 0 Å². The molecule has 3 aromatic carbocycles. The minimum Gasteiger partial charge on any atom is -0.497 e. The van der Waals surface area contributed by atoms with Crippen LogP contribution in [0.4, 0.5) is 16.2 Å². The van der Waals surface area contributed by atoms with Crippen LogP contribution in [0.5, 0.6) is 11.5 Å². The van der Waals surface area contributed by atoms with Crippen molar-refractivity contribution in [2.75, 3.05) is 50.5 Å². The zero-order valence-electron chi connectivity index (χ0n) is 29.7. The van der Waals surface area contributed by atoms with Crippen LogP contribution in [-0.2, 0) is 14.8 Å². The van der Waals surface area contributed by atoms with Gasteiger partial charge >= 0.3 is 6.03 Å². The van der Waals surface area contributed by atoms with E-state index in [2.05, 4.69) is 10.0 Å². The van der Waals surface area contributed by atoms with Gasteiger partial charge in [-0.25, -0.2) is 13.2 Å². The maximum atomic E-state index is 14.4. The number of methoxy groups -OCH3 is 1. The van der Waals surface area contributed by atoms with Gasteiger partial charge in [-0.05, 0) is 94.6 Å². The van der Waals surface area contributed by atoms with E-state index >= 15 is 0 Å². The summed E-state index contributed by atoms with van der Waals surface area (Å²) in [5.41, 5.74) is 1.91. The Labute approximate surface area is 295 Å². The highest BCUT2D eigenvalue weighted by Crippen LogP contribution is 2.30. The second-order valence-corrected chi connectivity index (χ2v) is 14.7. The fourth-order valence-electron chi connectivity index (χ4n) is 5.63. The number of amides is 3. The van der Waals surface area contributed by atoms with Crippen LogP contribution >= 0.6 is 0 Å². The third-order valence-corrected chi connectivity index (χ3v) is 10.2. The highest BCUT2D eigenvalue weighted by Gasteiger charge is 2.31. The van der Waals surface area contributed by atoms with Crippen molar-refractivity contribution < 1.29 is 37.3 Å². The molecule has 3 N–H and O–H groups in total. The van der Waals surface area contributed by atoms with E-state index in [1.165, 1.54) is 18.2 Å². The number of carbonyl (C=O) groups excluding carboxylic acids is 2. The number of fused-ring (bicyclic) bond motifs is 1.